The lowest BCUT2D eigenvalue weighted by atomic mass is 9.72. The van der Waals surface area contributed by atoms with E-state index in [4.69, 9.17) is 16.3 Å². The molecule has 1 amide bonds. The fraction of sp³-hybridized carbons (Fsp3) is 0.362. The van der Waals surface area contributed by atoms with Crippen LogP contribution in [0.3, 0.4) is 0 Å². The first-order valence-corrected chi connectivity index (χ1v) is 23.2. The van der Waals surface area contributed by atoms with Gasteiger partial charge in [-0.3, -0.25) is 24.7 Å². The van der Waals surface area contributed by atoms with E-state index >= 15 is 0 Å². The molecule has 1 fully saturated rings. The van der Waals surface area contributed by atoms with Gasteiger partial charge in [-0.25, -0.2) is 23.1 Å². The minimum absolute atomic E-state index is 0.0121. The summed E-state index contributed by atoms with van der Waals surface area (Å²) in [7, 11) is -4.62. The summed E-state index contributed by atoms with van der Waals surface area (Å²) in [5.41, 5.74) is 5.96. The van der Waals surface area contributed by atoms with Crippen LogP contribution in [0.15, 0.2) is 95.7 Å². The van der Waals surface area contributed by atoms with Gasteiger partial charge >= 0.3 is 5.69 Å². The topological polar surface area (TPSA) is 210 Å². The highest BCUT2D eigenvalue weighted by Gasteiger charge is 2.33. The molecule has 8 rings (SSSR count). The maximum Gasteiger partial charge on any atom is 0.312 e. The summed E-state index contributed by atoms with van der Waals surface area (Å²) in [6.07, 6.45) is 9.28. The lowest BCUT2D eigenvalue weighted by Gasteiger charge is -2.34. The lowest BCUT2D eigenvalue weighted by Crippen LogP contribution is -2.31. The number of nitrogens with one attached hydrogen (secondary N) is 4. The fourth-order valence-corrected chi connectivity index (χ4v) is 9.73. The minimum Gasteiger partial charge on any atom is -0.487 e. The van der Waals surface area contributed by atoms with E-state index in [0.29, 0.717) is 59.0 Å². The number of rotatable bonds is 15. The number of ether oxygens (including phenoxy) is 1. The van der Waals surface area contributed by atoms with Gasteiger partial charge in [0.05, 0.1) is 44.7 Å². The molecule has 3 aromatic heterocycles. The number of carbonyl (C=O) groups is 1. The number of benzene rings is 3. The number of aromatic nitrogens is 4. The summed E-state index contributed by atoms with van der Waals surface area (Å²) in [4.78, 5) is 34.0. The SMILES string of the molecule is CC1(C)CCC(CNCCNc2ccc(C(=O)NS(=O)(=O)c3ccc(OCC4CCC(C)(C#N)CC4)c([N+](=O)[O-])c3)c(-n3[nH]cc4nc5nccc5cc43)c2)=C(c2ccc(Cl)cc2)C1. The zero-order chi connectivity index (χ0) is 45.2. The monoisotopic (exact) mass is 903 g/mol. The second kappa shape index (κ2) is 18.1. The van der Waals surface area contributed by atoms with Crippen molar-refractivity contribution in [2.24, 2.45) is 16.7 Å². The van der Waals surface area contributed by atoms with Crippen LogP contribution in [-0.4, -0.2) is 65.2 Å². The number of pyridine rings is 1. The predicted octanol–water partition coefficient (Wildman–Crippen LogP) is 9.35. The molecule has 3 aromatic carbocycles. The van der Waals surface area contributed by atoms with Gasteiger partial charge in [0.15, 0.2) is 11.4 Å². The Morgan fingerprint density at radius 3 is 2.58 bits per heavy atom. The Kier molecular flexibility index (Phi) is 12.5. The average Bonchev–Trinajstić information content (AvgIpc) is 3.92. The van der Waals surface area contributed by atoms with E-state index in [1.165, 1.54) is 34.9 Å². The first kappa shape index (κ1) is 44.3. The summed E-state index contributed by atoms with van der Waals surface area (Å²) in [5, 5.41) is 33.3. The van der Waals surface area contributed by atoms with Crippen molar-refractivity contribution >= 4 is 66.5 Å². The van der Waals surface area contributed by atoms with Crippen LogP contribution in [0.2, 0.25) is 5.02 Å². The van der Waals surface area contributed by atoms with Crippen molar-refractivity contribution in [2.45, 2.75) is 70.6 Å². The number of nitrogens with zero attached hydrogens (tertiary/aromatic N) is 5. The Morgan fingerprint density at radius 2 is 1.83 bits per heavy atom. The molecule has 15 nitrogen and oxygen atoms in total. The van der Waals surface area contributed by atoms with Crippen molar-refractivity contribution in [3.05, 3.63) is 117 Å². The van der Waals surface area contributed by atoms with Gasteiger partial charge in [0, 0.05) is 54.2 Å². The molecule has 0 bridgehead atoms. The molecule has 0 unspecified atom stereocenters. The third-order valence-electron chi connectivity index (χ3n) is 12.5. The number of amides is 1. The summed E-state index contributed by atoms with van der Waals surface area (Å²) in [6, 6.07) is 22.4. The number of halogens is 1. The van der Waals surface area contributed by atoms with Gasteiger partial charge in [0.1, 0.15) is 5.52 Å². The molecule has 3 heterocycles. The highest BCUT2D eigenvalue weighted by molar-refractivity contribution is 7.90. The first-order chi connectivity index (χ1) is 30.6. The Labute approximate surface area is 376 Å². The van der Waals surface area contributed by atoms with E-state index < -0.39 is 36.9 Å². The van der Waals surface area contributed by atoms with E-state index in [9.17, 15) is 28.6 Å². The number of nitro groups is 1. The van der Waals surface area contributed by atoms with Crippen molar-refractivity contribution in [1.82, 2.24) is 29.8 Å². The first-order valence-electron chi connectivity index (χ1n) is 21.4. The molecule has 0 aliphatic heterocycles. The summed E-state index contributed by atoms with van der Waals surface area (Å²) in [6.45, 7) is 8.64. The lowest BCUT2D eigenvalue weighted by molar-refractivity contribution is -0.386. The second-order valence-corrected chi connectivity index (χ2v) is 20.0. The minimum atomic E-state index is -4.62. The van der Waals surface area contributed by atoms with Gasteiger partial charge in [0.25, 0.3) is 15.9 Å². The number of hydrogen-bond donors (Lipinski definition) is 4. The molecule has 1 saturated carbocycles. The molecular weight excluding hydrogens is 854 g/mol. The maximum atomic E-state index is 14.1. The standard InChI is InChI=1S/C47H50ClN9O6S/c1-46(2)16-14-33(38(25-46)31-4-6-34(48)7-5-31)26-50-20-21-51-35-8-10-37(40(23-35)56-41-22-32-15-19-52-44(32)54-39(41)27-53-56)45(58)55-64(61,62)36-9-11-43(42(24-36)57(59)60)63-28-30-12-17-47(3,29-49)18-13-30/h4-11,15,19,22-24,27,30,50-51,53H,12-14,16-18,20-21,25-26,28H2,1-3H3,(H,55,58). The molecule has 64 heavy (non-hydrogen) atoms. The van der Waals surface area contributed by atoms with E-state index in [2.05, 4.69) is 62.5 Å². The number of fused-ring (bicyclic) bond motifs is 2. The van der Waals surface area contributed by atoms with Crippen LogP contribution in [0.25, 0.3) is 33.3 Å². The number of nitro benzene ring substituents is 1. The quantitative estimate of drug-likeness (QED) is 0.0433. The molecule has 0 saturated heterocycles. The van der Waals surface area contributed by atoms with Gasteiger partial charge in [-0.05, 0) is 129 Å². The van der Waals surface area contributed by atoms with Crippen molar-refractivity contribution in [3.8, 4) is 17.5 Å². The van der Waals surface area contributed by atoms with E-state index in [0.717, 1.165) is 50.1 Å². The summed E-state index contributed by atoms with van der Waals surface area (Å²) in [5.74, 6) is -0.937. The molecule has 17 heteroatoms. The Balaban J connectivity index is 1.000. The molecular formula is C47H50ClN9O6S. The number of allylic oxidation sites excluding steroid dienone is 1. The van der Waals surface area contributed by atoms with Crippen molar-refractivity contribution in [1.29, 1.82) is 5.26 Å². The van der Waals surface area contributed by atoms with E-state index in [1.807, 2.05) is 31.2 Å². The molecule has 2 aliphatic rings. The number of H-pyrrole nitrogens is 1. The normalized spacial score (nSPS) is 18.8. The summed E-state index contributed by atoms with van der Waals surface area (Å²) >= 11 is 6.20. The van der Waals surface area contributed by atoms with Gasteiger partial charge in [0.2, 0.25) is 0 Å². The van der Waals surface area contributed by atoms with Crippen LogP contribution in [0.4, 0.5) is 11.4 Å². The van der Waals surface area contributed by atoms with Gasteiger partial charge in [-0.1, -0.05) is 43.2 Å². The van der Waals surface area contributed by atoms with Crippen molar-refractivity contribution < 1.29 is 22.9 Å². The average molecular weight is 904 g/mol. The van der Waals surface area contributed by atoms with Crippen molar-refractivity contribution in [3.63, 3.8) is 0 Å². The number of nitriles is 1. The zero-order valence-electron chi connectivity index (χ0n) is 35.9. The Bertz CT molecular complexity index is 2930. The molecule has 0 atom stereocenters. The number of carbonyl (C=O) groups excluding carboxylic acids is 1. The smallest absolute Gasteiger partial charge is 0.312 e. The maximum absolute atomic E-state index is 14.1. The van der Waals surface area contributed by atoms with E-state index in [1.54, 1.807) is 29.2 Å². The highest BCUT2D eigenvalue weighted by atomic mass is 35.5. The van der Waals surface area contributed by atoms with Crippen molar-refractivity contribution in [2.75, 3.05) is 31.6 Å². The zero-order valence-corrected chi connectivity index (χ0v) is 37.5. The second-order valence-electron chi connectivity index (χ2n) is 17.9. The van der Waals surface area contributed by atoms with E-state index in [-0.39, 0.29) is 29.3 Å². The fourth-order valence-electron chi connectivity index (χ4n) is 8.62. The highest BCUT2D eigenvalue weighted by Crippen LogP contribution is 2.43. The molecule has 0 spiro atoms. The third kappa shape index (κ3) is 9.76. The van der Waals surface area contributed by atoms with Crippen LogP contribution < -0.4 is 20.1 Å². The van der Waals surface area contributed by atoms with Gasteiger partial charge < -0.3 is 15.4 Å². The predicted molar refractivity (Wildman–Crippen MR) is 247 cm³/mol. The molecule has 2 aliphatic carbocycles. The summed E-state index contributed by atoms with van der Waals surface area (Å²) < 4.78 is 37.2. The number of hydrogen-bond acceptors (Lipinski definition) is 11. The number of anilines is 1. The Hall–Kier alpha value is -6.28. The van der Waals surface area contributed by atoms with Crippen LogP contribution >= 0.6 is 11.6 Å². The van der Waals surface area contributed by atoms with Crippen LogP contribution in [0.1, 0.15) is 81.6 Å². The van der Waals surface area contributed by atoms with Crippen LogP contribution in [0, 0.1) is 38.2 Å². The van der Waals surface area contributed by atoms with Gasteiger partial charge in [-0.15, -0.1) is 0 Å². The molecule has 4 N–H and O–H groups in total. The largest absolute Gasteiger partial charge is 0.487 e. The van der Waals surface area contributed by atoms with Crippen LogP contribution in [0.5, 0.6) is 5.75 Å². The third-order valence-corrected chi connectivity index (χ3v) is 14.1. The van der Waals surface area contributed by atoms with Crippen LogP contribution in [-0.2, 0) is 10.0 Å². The molecule has 0 radical (unpaired) electrons. The molecule has 332 valence electrons. The number of sulfonamides is 1. The molecule has 6 aromatic rings. The number of aromatic amines is 1. The van der Waals surface area contributed by atoms with Gasteiger partial charge in [-0.2, -0.15) is 5.26 Å². The Morgan fingerprint density at radius 1 is 1.05 bits per heavy atom.